The second-order valence-electron chi connectivity index (χ2n) is 3.70. The summed E-state index contributed by atoms with van der Waals surface area (Å²) in [4.78, 5) is 8.26. The number of aromatic nitrogens is 2. The van der Waals surface area contributed by atoms with Crippen LogP contribution in [0.4, 0.5) is 5.82 Å². The van der Waals surface area contributed by atoms with Gasteiger partial charge in [0, 0.05) is 7.05 Å². The van der Waals surface area contributed by atoms with Crippen LogP contribution in [0.15, 0.2) is 12.4 Å². The second-order valence-corrected chi connectivity index (χ2v) is 3.70. The molecule has 1 aromatic rings. The lowest BCUT2D eigenvalue weighted by atomic mass is 10.1. The Morgan fingerprint density at radius 2 is 2.27 bits per heavy atom. The molecule has 0 aliphatic carbocycles. The van der Waals surface area contributed by atoms with Crippen molar-refractivity contribution < 1.29 is 4.74 Å². The minimum atomic E-state index is 0.565. The molecule has 0 saturated heterocycles. The summed E-state index contributed by atoms with van der Waals surface area (Å²) < 4.78 is 5.55. The Morgan fingerprint density at radius 3 is 2.93 bits per heavy atom. The molecule has 1 heterocycles. The molecule has 0 saturated carbocycles. The molecule has 1 atom stereocenters. The van der Waals surface area contributed by atoms with E-state index >= 15 is 0 Å². The molecule has 15 heavy (non-hydrogen) atoms. The van der Waals surface area contributed by atoms with Crippen LogP contribution in [0.3, 0.4) is 0 Å². The van der Waals surface area contributed by atoms with E-state index in [1.807, 2.05) is 7.05 Å². The second kappa shape index (κ2) is 6.22. The van der Waals surface area contributed by atoms with Crippen LogP contribution in [0.2, 0.25) is 0 Å². The summed E-state index contributed by atoms with van der Waals surface area (Å²) in [5.41, 5.74) is 0. The third-order valence-electron chi connectivity index (χ3n) is 2.17. The third kappa shape index (κ3) is 4.14. The first-order chi connectivity index (χ1) is 7.26. The van der Waals surface area contributed by atoms with Gasteiger partial charge in [-0.15, -0.1) is 0 Å². The average molecular weight is 209 g/mol. The van der Waals surface area contributed by atoms with Crippen molar-refractivity contribution in [3.05, 3.63) is 12.4 Å². The van der Waals surface area contributed by atoms with E-state index in [2.05, 4.69) is 29.1 Å². The van der Waals surface area contributed by atoms with E-state index in [1.165, 1.54) is 12.8 Å². The maximum absolute atomic E-state index is 5.55. The molecule has 1 rings (SSSR count). The van der Waals surface area contributed by atoms with Crippen molar-refractivity contribution in [2.75, 3.05) is 19.0 Å². The zero-order valence-corrected chi connectivity index (χ0v) is 9.66. The largest absolute Gasteiger partial charge is 0.476 e. The van der Waals surface area contributed by atoms with Gasteiger partial charge in [-0.2, -0.15) is 4.98 Å². The van der Waals surface area contributed by atoms with Gasteiger partial charge in [0.15, 0.2) is 0 Å². The number of nitrogens with one attached hydrogen (secondary N) is 1. The van der Waals surface area contributed by atoms with Gasteiger partial charge < -0.3 is 10.1 Å². The maximum Gasteiger partial charge on any atom is 0.234 e. The molecule has 4 heteroatoms. The van der Waals surface area contributed by atoms with Gasteiger partial charge in [-0.25, -0.2) is 0 Å². The van der Waals surface area contributed by atoms with Crippen LogP contribution in [0.1, 0.15) is 26.7 Å². The van der Waals surface area contributed by atoms with Crippen molar-refractivity contribution in [2.45, 2.75) is 26.7 Å². The van der Waals surface area contributed by atoms with Gasteiger partial charge in [-0.1, -0.05) is 20.3 Å². The van der Waals surface area contributed by atoms with Crippen molar-refractivity contribution in [2.24, 2.45) is 5.92 Å². The fourth-order valence-corrected chi connectivity index (χ4v) is 1.34. The minimum Gasteiger partial charge on any atom is -0.476 e. The zero-order chi connectivity index (χ0) is 11.1. The summed E-state index contributed by atoms with van der Waals surface area (Å²) in [5.74, 6) is 1.88. The first-order valence-corrected chi connectivity index (χ1v) is 5.38. The molecule has 0 aliphatic rings. The van der Waals surface area contributed by atoms with Gasteiger partial charge in [-0.3, -0.25) is 4.98 Å². The lowest BCUT2D eigenvalue weighted by molar-refractivity contribution is 0.242. The summed E-state index contributed by atoms with van der Waals surface area (Å²) in [6.07, 6.45) is 5.67. The highest BCUT2D eigenvalue weighted by Gasteiger charge is 2.03. The van der Waals surface area contributed by atoms with E-state index in [0.29, 0.717) is 18.4 Å². The fourth-order valence-electron chi connectivity index (χ4n) is 1.34. The quantitative estimate of drug-likeness (QED) is 0.781. The Morgan fingerprint density at radius 1 is 1.47 bits per heavy atom. The van der Waals surface area contributed by atoms with Crippen LogP contribution in [-0.2, 0) is 0 Å². The SMILES string of the molecule is CCCC(C)COc1cncc(NC)n1. The molecule has 0 radical (unpaired) electrons. The van der Waals surface area contributed by atoms with Crippen LogP contribution in [0.25, 0.3) is 0 Å². The number of anilines is 1. The van der Waals surface area contributed by atoms with Gasteiger partial charge >= 0.3 is 0 Å². The Kier molecular flexibility index (Phi) is 4.87. The van der Waals surface area contributed by atoms with E-state index in [4.69, 9.17) is 4.74 Å². The lowest BCUT2D eigenvalue weighted by Gasteiger charge is -2.11. The number of ether oxygens (including phenoxy) is 1. The van der Waals surface area contributed by atoms with Gasteiger partial charge in [-0.05, 0) is 12.3 Å². The van der Waals surface area contributed by atoms with Crippen molar-refractivity contribution in [1.29, 1.82) is 0 Å². The number of hydrogen-bond donors (Lipinski definition) is 1. The van der Waals surface area contributed by atoms with Crippen molar-refractivity contribution in [3.8, 4) is 5.88 Å². The predicted molar refractivity (Wildman–Crippen MR) is 61.1 cm³/mol. The molecule has 0 aliphatic heterocycles. The third-order valence-corrected chi connectivity index (χ3v) is 2.17. The predicted octanol–water partition coefficient (Wildman–Crippen LogP) is 2.33. The van der Waals surface area contributed by atoms with E-state index in [9.17, 15) is 0 Å². The number of nitrogens with zero attached hydrogens (tertiary/aromatic N) is 2. The fraction of sp³-hybridized carbons (Fsp3) is 0.636. The monoisotopic (exact) mass is 209 g/mol. The summed E-state index contributed by atoms with van der Waals surface area (Å²) in [7, 11) is 1.81. The van der Waals surface area contributed by atoms with E-state index in [-0.39, 0.29) is 0 Å². The van der Waals surface area contributed by atoms with Crippen LogP contribution in [0, 0.1) is 5.92 Å². The van der Waals surface area contributed by atoms with Gasteiger partial charge in [0.2, 0.25) is 5.88 Å². The highest BCUT2D eigenvalue weighted by molar-refractivity contribution is 5.31. The van der Waals surface area contributed by atoms with Crippen LogP contribution < -0.4 is 10.1 Å². The summed E-state index contributed by atoms with van der Waals surface area (Å²) in [6, 6.07) is 0. The summed E-state index contributed by atoms with van der Waals surface area (Å²) in [5, 5.41) is 2.93. The highest BCUT2D eigenvalue weighted by Crippen LogP contribution is 2.11. The molecule has 0 fully saturated rings. The number of hydrogen-bond acceptors (Lipinski definition) is 4. The first-order valence-electron chi connectivity index (χ1n) is 5.38. The summed E-state index contributed by atoms with van der Waals surface area (Å²) >= 11 is 0. The highest BCUT2D eigenvalue weighted by atomic mass is 16.5. The van der Waals surface area contributed by atoms with Gasteiger partial charge in [0.1, 0.15) is 5.82 Å². The zero-order valence-electron chi connectivity index (χ0n) is 9.66. The van der Waals surface area contributed by atoms with Crippen molar-refractivity contribution in [1.82, 2.24) is 9.97 Å². The Balaban J connectivity index is 2.43. The molecule has 0 spiro atoms. The Bertz CT molecular complexity index is 291. The van der Waals surface area contributed by atoms with E-state index in [0.717, 1.165) is 5.82 Å². The van der Waals surface area contributed by atoms with Crippen LogP contribution >= 0.6 is 0 Å². The minimum absolute atomic E-state index is 0.565. The van der Waals surface area contributed by atoms with Crippen LogP contribution in [-0.4, -0.2) is 23.6 Å². The van der Waals surface area contributed by atoms with E-state index in [1.54, 1.807) is 12.4 Å². The molecule has 1 N–H and O–H groups in total. The lowest BCUT2D eigenvalue weighted by Crippen LogP contribution is -2.09. The molecule has 0 amide bonds. The smallest absolute Gasteiger partial charge is 0.234 e. The molecular formula is C11H19N3O. The van der Waals surface area contributed by atoms with Crippen molar-refractivity contribution in [3.63, 3.8) is 0 Å². The standard InChI is InChI=1S/C11H19N3O/c1-4-5-9(2)8-15-11-7-13-6-10(12-3)14-11/h6-7,9H,4-5,8H2,1-3H3,(H,12,14). The Hall–Kier alpha value is -1.32. The molecular weight excluding hydrogens is 190 g/mol. The molecule has 84 valence electrons. The molecule has 0 aromatic carbocycles. The topological polar surface area (TPSA) is 47.0 Å². The molecule has 0 bridgehead atoms. The molecule has 4 nitrogen and oxygen atoms in total. The maximum atomic E-state index is 5.55. The number of rotatable bonds is 6. The van der Waals surface area contributed by atoms with Crippen molar-refractivity contribution >= 4 is 5.82 Å². The normalized spacial score (nSPS) is 12.2. The Labute approximate surface area is 91.1 Å². The van der Waals surface area contributed by atoms with E-state index < -0.39 is 0 Å². The molecule has 1 unspecified atom stereocenters. The summed E-state index contributed by atoms with van der Waals surface area (Å²) in [6.45, 7) is 5.06. The first kappa shape index (κ1) is 11.8. The van der Waals surface area contributed by atoms with Crippen LogP contribution in [0.5, 0.6) is 5.88 Å². The average Bonchev–Trinajstić information content (AvgIpc) is 2.27. The van der Waals surface area contributed by atoms with Gasteiger partial charge in [0.05, 0.1) is 19.0 Å². The molecule has 1 aromatic heterocycles. The van der Waals surface area contributed by atoms with Gasteiger partial charge in [0.25, 0.3) is 0 Å².